The van der Waals surface area contributed by atoms with Gasteiger partial charge in [0.15, 0.2) is 5.78 Å². The molecule has 1 fully saturated rings. The van der Waals surface area contributed by atoms with Gasteiger partial charge in [-0.1, -0.05) is 44.6 Å². The van der Waals surface area contributed by atoms with E-state index in [1.165, 1.54) is 25.9 Å². The summed E-state index contributed by atoms with van der Waals surface area (Å²) in [5, 5.41) is 40.1. The molecule has 6 atom stereocenters. The first-order valence-electron chi connectivity index (χ1n) is 18.8. The maximum absolute atomic E-state index is 13.7. The molecule has 56 heavy (non-hydrogen) atoms. The molecule has 0 heterocycles. The number of hydrogen-bond acceptors (Lipinski definition) is 10. The van der Waals surface area contributed by atoms with Crippen LogP contribution in [0.15, 0.2) is 47.1 Å². The van der Waals surface area contributed by atoms with E-state index in [0.29, 0.717) is 36.1 Å². The SMILES string of the molecule is CC1=C2C(=CC(C)(CO)C2C(CN(C)C(=O)OCc2ccc(NC(=O)[C@H](CCCNC(N)=O)NC(=O)[C@@H](N)C(C)C)cc2)N(C)C(=O)O)C(=O)[C@](C)(O)C12CC2. The van der Waals surface area contributed by atoms with Crippen LogP contribution in [0.5, 0.6) is 0 Å². The molecule has 4 rings (SSSR count). The summed E-state index contributed by atoms with van der Waals surface area (Å²) >= 11 is 0. The number of carboxylic acid groups (broad SMARTS) is 1. The molecule has 0 aliphatic heterocycles. The Labute approximate surface area is 326 Å². The first-order valence-corrected chi connectivity index (χ1v) is 18.8. The minimum absolute atomic E-state index is 0.138. The van der Waals surface area contributed by atoms with Gasteiger partial charge in [0.2, 0.25) is 11.8 Å². The number of benzene rings is 1. The summed E-state index contributed by atoms with van der Waals surface area (Å²) in [7, 11) is 2.85. The molecule has 0 saturated heterocycles. The van der Waals surface area contributed by atoms with Gasteiger partial charge in [-0.25, -0.2) is 14.4 Å². The highest BCUT2D eigenvalue weighted by Gasteiger charge is 2.67. The lowest BCUT2D eigenvalue weighted by molar-refractivity contribution is -0.137. The van der Waals surface area contributed by atoms with Crippen molar-refractivity contribution in [1.82, 2.24) is 20.4 Å². The lowest BCUT2D eigenvalue weighted by Crippen LogP contribution is -2.54. The van der Waals surface area contributed by atoms with E-state index in [2.05, 4.69) is 16.0 Å². The highest BCUT2D eigenvalue weighted by Crippen LogP contribution is 2.67. The van der Waals surface area contributed by atoms with Crippen LogP contribution in [-0.2, 0) is 25.7 Å². The Kier molecular flexibility index (Phi) is 13.3. The molecule has 3 aliphatic carbocycles. The van der Waals surface area contributed by atoms with Crippen LogP contribution in [-0.4, -0.2) is 118 Å². The fourth-order valence-corrected chi connectivity index (χ4v) is 7.96. The van der Waals surface area contributed by atoms with Crippen molar-refractivity contribution < 1.29 is 48.8 Å². The van der Waals surface area contributed by atoms with Crippen molar-refractivity contribution in [3.05, 3.63) is 52.6 Å². The van der Waals surface area contributed by atoms with Crippen molar-refractivity contribution in [1.29, 1.82) is 0 Å². The van der Waals surface area contributed by atoms with E-state index in [1.54, 1.807) is 51.1 Å². The van der Waals surface area contributed by atoms with Gasteiger partial charge in [0.05, 0.1) is 18.7 Å². The third-order valence-corrected chi connectivity index (χ3v) is 11.8. The van der Waals surface area contributed by atoms with Crippen LogP contribution in [0.2, 0.25) is 0 Å². The molecule has 1 saturated carbocycles. The number of anilines is 1. The number of nitrogens with two attached hydrogens (primary N) is 2. The topological polar surface area (TPSA) is 267 Å². The lowest BCUT2D eigenvalue weighted by Gasteiger charge is -2.45. The van der Waals surface area contributed by atoms with Crippen molar-refractivity contribution in [2.24, 2.45) is 34.1 Å². The van der Waals surface area contributed by atoms with Gasteiger partial charge in [-0.3, -0.25) is 14.4 Å². The van der Waals surface area contributed by atoms with Crippen LogP contribution >= 0.6 is 0 Å². The first kappa shape index (κ1) is 43.7. The maximum Gasteiger partial charge on any atom is 0.409 e. The van der Waals surface area contributed by atoms with Crippen molar-refractivity contribution in [3.8, 4) is 0 Å². The zero-order valence-electron chi connectivity index (χ0n) is 33.2. The van der Waals surface area contributed by atoms with Crippen molar-refractivity contribution >= 4 is 41.5 Å². The number of carbonyl (C=O) groups excluding carboxylic acids is 5. The monoisotopic (exact) mass is 783 g/mol. The molecule has 17 heteroatoms. The number of carbonyl (C=O) groups is 6. The number of hydrogen-bond donors (Lipinski definition) is 8. The predicted molar refractivity (Wildman–Crippen MR) is 206 cm³/mol. The van der Waals surface area contributed by atoms with Gasteiger partial charge in [-0.05, 0) is 68.7 Å². The number of amides is 6. The van der Waals surface area contributed by atoms with Gasteiger partial charge in [-0.2, -0.15) is 0 Å². The third-order valence-electron chi connectivity index (χ3n) is 11.8. The Morgan fingerprint density at radius 1 is 1.05 bits per heavy atom. The highest BCUT2D eigenvalue weighted by molar-refractivity contribution is 6.09. The van der Waals surface area contributed by atoms with Crippen LogP contribution in [0.4, 0.5) is 20.1 Å². The normalized spacial score (nSPS) is 23.7. The summed E-state index contributed by atoms with van der Waals surface area (Å²) < 4.78 is 5.58. The quantitative estimate of drug-likeness (QED) is 0.113. The number of ketones is 1. The minimum Gasteiger partial charge on any atom is -0.465 e. The van der Waals surface area contributed by atoms with Crippen molar-refractivity contribution in [3.63, 3.8) is 0 Å². The molecule has 0 aromatic heterocycles. The number of aliphatic hydroxyl groups excluding tert-OH is 1. The zero-order valence-corrected chi connectivity index (χ0v) is 33.2. The molecular weight excluding hydrogens is 726 g/mol. The average molecular weight is 784 g/mol. The van der Waals surface area contributed by atoms with E-state index in [-0.39, 0.29) is 37.6 Å². The van der Waals surface area contributed by atoms with Gasteiger partial charge in [0.1, 0.15) is 18.2 Å². The smallest absolute Gasteiger partial charge is 0.409 e. The maximum atomic E-state index is 13.7. The fraction of sp³-hybridized carbons (Fsp3) is 0.590. The lowest BCUT2D eigenvalue weighted by atomic mass is 9.64. The van der Waals surface area contributed by atoms with Gasteiger partial charge >= 0.3 is 18.2 Å². The van der Waals surface area contributed by atoms with E-state index in [1.807, 2.05) is 6.92 Å². The van der Waals surface area contributed by atoms with Crippen molar-refractivity contribution in [2.75, 3.05) is 39.1 Å². The van der Waals surface area contributed by atoms with E-state index in [4.69, 9.17) is 16.2 Å². The van der Waals surface area contributed by atoms with Crippen LogP contribution in [0.1, 0.15) is 65.9 Å². The molecular formula is C39H57N7O10. The van der Waals surface area contributed by atoms with E-state index < -0.39 is 82.9 Å². The summed E-state index contributed by atoms with van der Waals surface area (Å²) in [5.41, 5.74) is 10.3. The zero-order chi connectivity index (χ0) is 41.9. The minimum atomic E-state index is -1.63. The summed E-state index contributed by atoms with van der Waals surface area (Å²) in [5.74, 6) is -2.33. The molecule has 1 aromatic rings. The van der Waals surface area contributed by atoms with Crippen LogP contribution in [0.3, 0.4) is 0 Å². The second kappa shape index (κ2) is 17.0. The summed E-state index contributed by atoms with van der Waals surface area (Å²) in [6.45, 7) is 8.17. The summed E-state index contributed by atoms with van der Waals surface area (Å²) in [6, 6.07) is 3.08. The number of urea groups is 1. The van der Waals surface area contributed by atoms with Crippen LogP contribution < -0.4 is 27.4 Å². The molecule has 3 unspecified atom stereocenters. The number of aliphatic hydroxyl groups is 2. The van der Waals surface area contributed by atoms with Crippen molar-refractivity contribution in [2.45, 2.75) is 90.6 Å². The number of fused-ring (bicyclic) bond motifs is 1. The Morgan fingerprint density at radius 3 is 2.21 bits per heavy atom. The largest absolute Gasteiger partial charge is 0.465 e. The summed E-state index contributed by atoms with van der Waals surface area (Å²) in [6.07, 6.45) is 1.37. The fourth-order valence-electron chi connectivity index (χ4n) is 7.96. The Bertz CT molecular complexity index is 1770. The Balaban J connectivity index is 1.44. The van der Waals surface area contributed by atoms with Gasteiger partial charge in [0.25, 0.3) is 0 Å². The molecule has 1 spiro atoms. The van der Waals surface area contributed by atoms with Gasteiger partial charge in [-0.15, -0.1) is 0 Å². The molecule has 3 aliphatic rings. The number of ether oxygens (including phenoxy) is 1. The van der Waals surface area contributed by atoms with E-state index in [0.717, 1.165) is 10.5 Å². The van der Waals surface area contributed by atoms with Crippen LogP contribution in [0, 0.1) is 22.7 Å². The second-order valence-electron chi connectivity index (χ2n) is 16.1. The van der Waals surface area contributed by atoms with Gasteiger partial charge in [0, 0.05) is 55.2 Å². The molecule has 10 N–H and O–H groups in total. The third kappa shape index (κ3) is 8.84. The number of nitrogens with one attached hydrogen (secondary N) is 3. The Morgan fingerprint density at radius 2 is 1.68 bits per heavy atom. The van der Waals surface area contributed by atoms with Crippen LogP contribution in [0.25, 0.3) is 0 Å². The van der Waals surface area contributed by atoms with E-state index in [9.17, 15) is 44.1 Å². The number of rotatable bonds is 16. The molecule has 0 radical (unpaired) electrons. The molecule has 17 nitrogen and oxygen atoms in total. The summed E-state index contributed by atoms with van der Waals surface area (Å²) in [4.78, 5) is 78.7. The van der Waals surface area contributed by atoms with Gasteiger partial charge < -0.3 is 57.3 Å². The number of nitrogens with zero attached hydrogens (tertiary/aromatic N) is 2. The second-order valence-corrected chi connectivity index (χ2v) is 16.1. The molecule has 0 bridgehead atoms. The number of likely N-dealkylation sites (N-methyl/N-ethyl adjacent to an activating group) is 2. The first-order chi connectivity index (χ1) is 26.1. The highest BCUT2D eigenvalue weighted by atomic mass is 16.6. The van der Waals surface area contributed by atoms with E-state index >= 15 is 0 Å². The Hall–Kier alpha value is -5.00. The average Bonchev–Trinajstić information content (AvgIpc) is 3.91. The predicted octanol–water partition coefficient (Wildman–Crippen LogP) is 2.07. The number of Topliss-reactive ketones (excluding diaryl/α,β-unsaturated/α-hetero) is 1. The molecule has 1 aromatic carbocycles. The standard InChI is InChI=1S/C39H57N7O10/c1-21(2)30(40)33(50)44-26(9-8-16-42-34(41)51)32(49)43-24-12-10-23(11-13-24)19-56-36(54)45(6)18-27(46(7)35(52)53)29-28-22(3)39(14-15-39)38(5,55)31(48)25(28)17-37(29,4)20-47/h10-13,17,21,26-27,29-30,47,55H,8-9,14-16,18-20,40H2,1-7H3,(H,43,49)(H,44,50)(H,52,53)(H3,41,42,51)/t26-,27?,29?,30-,37?,38-/m0/s1. The molecule has 308 valence electrons. The number of primary amides is 1. The molecule has 6 amide bonds.